The van der Waals surface area contributed by atoms with Crippen molar-refractivity contribution in [2.24, 2.45) is 5.10 Å². The molecule has 0 atom stereocenters. The smallest absolute Gasteiger partial charge is 0.161 e. The van der Waals surface area contributed by atoms with Crippen molar-refractivity contribution in [3.63, 3.8) is 0 Å². The number of pyridine rings is 1. The molecule has 0 aliphatic carbocycles. The first-order valence-electron chi connectivity index (χ1n) is 9.87. The second-order valence-corrected chi connectivity index (χ2v) is 7.34. The maximum atomic E-state index is 5.52. The highest BCUT2D eigenvalue weighted by molar-refractivity contribution is 6.01. The molecule has 3 aromatic rings. The van der Waals surface area contributed by atoms with E-state index < -0.39 is 0 Å². The van der Waals surface area contributed by atoms with Gasteiger partial charge >= 0.3 is 0 Å². The van der Waals surface area contributed by atoms with E-state index >= 15 is 0 Å². The molecule has 2 aliphatic rings. The maximum absolute atomic E-state index is 5.52. The van der Waals surface area contributed by atoms with Crippen LogP contribution in [-0.2, 0) is 4.74 Å². The lowest BCUT2D eigenvalue weighted by atomic mass is 10.0. The first-order valence-corrected chi connectivity index (χ1v) is 9.87. The predicted molar refractivity (Wildman–Crippen MR) is 111 cm³/mol. The van der Waals surface area contributed by atoms with Crippen LogP contribution in [-0.4, -0.2) is 53.5 Å². The van der Waals surface area contributed by atoms with Crippen LogP contribution in [0.1, 0.15) is 24.0 Å². The zero-order chi connectivity index (χ0) is 18.9. The van der Waals surface area contributed by atoms with E-state index in [1.54, 1.807) is 6.33 Å². The fraction of sp³-hybridized carbons (Fsp3) is 0.381. The average Bonchev–Trinajstić information content (AvgIpc) is 3.22. The summed E-state index contributed by atoms with van der Waals surface area (Å²) in [6, 6.07) is 10.7. The molecule has 5 rings (SSSR count). The summed E-state index contributed by atoms with van der Waals surface area (Å²) in [7, 11) is 0. The molecule has 1 saturated heterocycles. The number of imidazole rings is 1. The van der Waals surface area contributed by atoms with E-state index in [-0.39, 0.29) is 0 Å². The predicted octanol–water partition coefficient (Wildman–Crippen LogP) is 3.11. The van der Waals surface area contributed by atoms with E-state index in [0.717, 1.165) is 74.1 Å². The molecule has 0 amide bonds. The van der Waals surface area contributed by atoms with Crippen molar-refractivity contribution >= 4 is 28.4 Å². The number of hydrogen-bond donors (Lipinski definition) is 1. The fourth-order valence-corrected chi connectivity index (χ4v) is 3.91. The van der Waals surface area contributed by atoms with Gasteiger partial charge in [-0.15, -0.1) is 0 Å². The van der Waals surface area contributed by atoms with Gasteiger partial charge in [0.1, 0.15) is 5.52 Å². The summed E-state index contributed by atoms with van der Waals surface area (Å²) < 4.78 is 5.52. The second kappa shape index (κ2) is 7.24. The van der Waals surface area contributed by atoms with Crippen LogP contribution in [0, 0.1) is 6.92 Å². The number of morpholine rings is 1. The number of aromatic nitrogens is 3. The Morgan fingerprint density at radius 1 is 1.11 bits per heavy atom. The molecule has 2 aliphatic heterocycles. The lowest BCUT2D eigenvalue weighted by molar-refractivity contribution is 0.123. The molecule has 2 aromatic heterocycles. The molecule has 4 heterocycles. The molecule has 7 heteroatoms. The summed E-state index contributed by atoms with van der Waals surface area (Å²) >= 11 is 0. The molecule has 0 bridgehead atoms. The van der Waals surface area contributed by atoms with Crippen LogP contribution in [0.2, 0.25) is 0 Å². The normalized spacial score (nSPS) is 17.8. The van der Waals surface area contributed by atoms with Gasteiger partial charge in [0.15, 0.2) is 11.5 Å². The molecule has 1 fully saturated rings. The van der Waals surface area contributed by atoms with Crippen molar-refractivity contribution in [1.82, 2.24) is 15.0 Å². The Balaban J connectivity index is 1.54. The third kappa shape index (κ3) is 3.22. The SMILES string of the molecule is Cc1cccc(C2=NN(c3cc(N4CCOCC4)c4nc[nH]c4n3)CCC2)c1. The monoisotopic (exact) mass is 376 g/mol. The number of H-pyrrole nitrogens is 1. The quantitative estimate of drug-likeness (QED) is 0.761. The van der Waals surface area contributed by atoms with Gasteiger partial charge in [0, 0.05) is 25.7 Å². The minimum absolute atomic E-state index is 0.739. The van der Waals surface area contributed by atoms with E-state index in [9.17, 15) is 0 Å². The summed E-state index contributed by atoms with van der Waals surface area (Å²) in [6.45, 7) is 6.19. The van der Waals surface area contributed by atoms with Crippen LogP contribution in [0.5, 0.6) is 0 Å². The van der Waals surface area contributed by atoms with Crippen molar-refractivity contribution in [2.75, 3.05) is 42.8 Å². The molecule has 0 radical (unpaired) electrons. The molecule has 1 N–H and O–H groups in total. The van der Waals surface area contributed by atoms with E-state index in [0.29, 0.717) is 0 Å². The maximum Gasteiger partial charge on any atom is 0.161 e. The standard InChI is InChI=1S/C21H24N6O/c1-15-4-2-5-16(12-15)17-6-3-7-27(25-17)19-13-18(26-8-10-28-11-9-26)20-21(24-19)23-14-22-20/h2,4-5,12-14H,3,6-11H2,1H3,(H,22,23,24). The Labute approximate surface area is 164 Å². The lowest BCUT2D eigenvalue weighted by Crippen LogP contribution is -2.36. The zero-order valence-electron chi connectivity index (χ0n) is 16.1. The number of nitrogens with one attached hydrogen (secondary N) is 1. The summed E-state index contributed by atoms with van der Waals surface area (Å²) in [5.74, 6) is 0.864. The third-order valence-corrected chi connectivity index (χ3v) is 5.35. The minimum Gasteiger partial charge on any atom is -0.378 e. The van der Waals surface area contributed by atoms with Gasteiger partial charge in [0.2, 0.25) is 0 Å². The van der Waals surface area contributed by atoms with Gasteiger partial charge in [-0.3, -0.25) is 0 Å². The highest BCUT2D eigenvalue weighted by Gasteiger charge is 2.21. The van der Waals surface area contributed by atoms with Crippen LogP contribution < -0.4 is 9.91 Å². The molecular formula is C21H24N6O. The van der Waals surface area contributed by atoms with Crippen molar-refractivity contribution in [2.45, 2.75) is 19.8 Å². The van der Waals surface area contributed by atoms with Crippen molar-refractivity contribution in [1.29, 1.82) is 0 Å². The largest absolute Gasteiger partial charge is 0.378 e. The summed E-state index contributed by atoms with van der Waals surface area (Å²) in [5, 5.41) is 6.98. The summed E-state index contributed by atoms with van der Waals surface area (Å²) in [4.78, 5) is 14.8. The van der Waals surface area contributed by atoms with E-state index in [4.69, 9.17) is 14.8 Å². The first kappa shape index (κ1) is 17.2. The van der Waals surface area contributed by atoms with Gasteiger partial charge in [0.05, 0.1) is 30.9 Å². The Kier molecular flexibility index (Phi) is 4.44. The van der Waals surface area contributed by atoms with Crippen LogP contribution in [0.25, 0.3) is 11.2 Å². The number of rotatable bonds is 3. The lowest BCUT2D eigenvalue weighted by Gasteiger charge is -2.30. The van der Waals surface area contributed by atoms with E-state index in [1.807, 2.05) is 5.01 Å². The van der Waals surface area contributed by atoms with E-state index in [1.165, 1.54) is 11.1 Å². The zero-order valence-corrected chi connectivity index (χ0v) is 16.1. The molecule has 28 heavy (non-hydrogen) atoms. The first-order chi connectivity index (χ1) is 13.8. The number of anilines is 2. The average molecular weight is 376 g/mol. The second-order valence-electron chi connectivity index (χ2n) is 7.34. The molecule has 1 aromatic carbocycles. The molecule has 0 unspecified atom stereocenters. The highest BCUT2D eigenvalue weighted by atomic mass is 16.5. The molecule has 0 spiro atoms. The number of hydrogen-bond acceptors (Lipinski definition) is 6. The van der Waals surface area contributed by atoms with Crippen LogP contribution in [0.4, 0.5) is 11.5 Å². The van der Waals surface area contributed by atoms with Gasteiger partial charge in [-0.1, -0.05) is 29.8 Å². The van der Waals surface area contributed by atoms with Gasteiger partial charge in [0.25, 0.3) is 0 Å². The molecule has 7 nitrogen and oxygen atoms in total. The third-order valence-electron chi connectivity index (χ3n) is 5.35. The number of aryl methyl sites for hydroxylation is 1. The number of aromatic amines is 1. The Bertz CT molecular complexity index is 1020. The van der Waals surface area contributed by atoms with Crippen LogP contribution in [0.15, 0.2) is 41.8 Å². The van der Waals surface area contributed by atoms with Crippen LogP contribution in [0.3, 0.4) is 0 Å². The number of nitrogens with zero attached hydrogens (tertiary/aromatic N) is 5. The fourth-order valence-electron chi connectivity index (χ4n) is 3.91. The van der Waals surface area contributed by atoms with E-state index in [2.05, 4.69) is 52.1 Å². The van der Waals surface area contributed by atoms with Crippen molar-refractivity contribution in [3.05, 3.63) is 47.8 Å². The number of ether oxygens (including phenoxy) is 1. The van der Waals surface area contributed by atoms with Gasteiger partial charge in [-0.2, -0.15) is 5.10 Å². The summed E-state index contributed by atoms with van der Waals surface area (Å²) in [6.07, 6.45) is 3.76. The Morgan fingerprint density at radius 3 is 2.86 bits per heavy atom. The van der Waals surface area contributed by atoms with Crippen molar-refractivity contribution < 1.29 is 4.74 Å². The number of hydrazone groups is 1. The highest BCUT2D eigenvalue weighted by Crippen LogP contribution is 2.30. The number of benzene rings is 1. The Hall–Kier alpha value is -2.93. The van der Waals surface area contributed by atoms with Gasteiger partial charge in [-0.05, 0) is 25.3 Å². The van der Waals surface area contributed by atoms with Crippen LogP contribution >= 0.6 is 0 Å². The minimum atomic E-state index is 0.739. The van der Waals surface area contributed by atoms with Gasteiger partial charge < -0.3 is 14.6 Å². The molecular weight excluding hydrogens is 352 g/mol. The Morgan fingerprint density at radius 2 is 2.00 bits per heavy atom. The molecule has 144 valence electrons. The van der Waals surface area contributed by atoms with Gasteiger partial charge in [-0.25, -0.2) is 15.0 Å². The van der Waals surface area contributed by atoms with Crippen molar-refractivity contribution in [3.8, 4) is 0 Å². The molecule has 0 saturated carbocycles. The number of fused-ring (bicyclic) bond motifs is 1. The summed E-state index contributed by atoms with van der Waals surface area (Å²) in [5.41, 5.74) is 6.38. The topological polar surface area (TPSA) is 69.6 Å².